The van der Waals surface area contributed by atoms with E-state index in [1.165, 1.54) is 6.33 Å². The zero-order chi connectivity index (χ0) is 13.9. The molecule has 0 saturated carbocycles. The molecule has 0 unspecified atom stereocenters. The Morgan fingerprint density at radius 1 is 1.05 bits per heavy atom. The van der Waals surface area contributed by atoms with Crippen LogP contribution in [0.3, 0.4) is 0 Å². The summed E-state index contributed by atoms with van der Waals surface area (Å²) in [6.07, 6.45) is 4.79. The standard InChI is InChI=1S/C14H12N4O2/c1-19-11-4-2-9(3-5-11)12-13(18-20-14(12)15)10-6-16-8-17-7-10/h2-8H,15H2,1H3. The normalized spacial score (nSPS) is 10.4. The smallest absolute Gasteiger partial charge is 0.230 e. The minimum absolute atomic E-state index is 0.258. The third-order valence-corrected chi connectivity index (χ3v) is 2.93. The predicted molar refractivity (Wildman–Crippen MR) is 73.9 cm³/mol. The molecule has 3 aromatic rings. The van der Waals surface area contributed by atoms with Crippen molar-refractivity contribution in [2.75, 3.05) is 12.8 Å². The van der Waals surface area contributed by atoms with Gasteiger partial charge in [0.25, 0.3) is 0 Å². The lowest BCUT2D eigenvalue weighted by Gasteiger charge is -2.04. The molecule has 0 fully saturated rings. The second-order valence-corrected chi connectivity index (χ2v) is 4.13. The minimum Gasteiger partial charge on any atom is -0.497 e. The van der Waals surface area contributed by atoms with E-state index in [9.17, 15) is 0 Å². The monoisotopic (exact) mass is 268 g/mol. The van der Waals surface area contributed by atoms with E-state index in [1.54, 1.807) is 19.5 Å². The Hall–Kier alpha value is -2.89. The lowest BCUT2D eigenvalue weighted by molar-refractivity contribution is 0.415. The van der Waals surface area contributed by atoms with Crippen LogP contribution in [0, 0.1) is 0 Å². The molecule has 2 heterocycles. The number of hydrogen-bond acceptors (Lipinski definition) is 6. The number of nitrogen functional groups attached to an aromatic ring is 1. The van der Waals surface area contributed by atoms with Crippen molar-refractivity contribution < 1.29 is 9.26 Å². The van der Waals surface area contributed by atoms with E-state index in [0.29, 0.717) is 5.69 Å². The Labute approximate surface area is 115 Å². The molecule has 0 saturated heterocycles. The lowest BCUT2D eigenvalue weighted by atomic mass is 10.0. The van der Waals surface area contributed by atoms with Gasteiger partial charge in [0.2, 0.25) is 5.88 Å². The van der Waals surface area contributed by atoms with E-state index in [1.807, 2.05) is 24.3 Å². The van der Waals surface area contributed by atoms with E-state index in [-0.39, 0.29) is 5.88 Å². The van der Waals surface area contributed by atoms with Gasteiger partial charge >= 0.3 is 0 Å². The van der Waals surface area contributed by atoms with Crippen molar-refractivity contribution in [3.05, 3.63) is 43.0 Å². The van der Waals surface area contributed by atoms with E-state index in [4.69, 9.17) is 15.0 Å². The number of nitrogens with two attached hydrogens (primary N) is 1. The Kier molecular flexibility index (Phi) is 3.04. The number of benzene rings is 1. The predicted octanol–water partition coefficient (Wildman–Crippen LogP) is 2.39. The van der Waals surface area contributed by atoms with Gasteiger partial charge in [0.1, 0.15) is 17.8 Å². The summed E-state index contributed by atoms with van der Waals surface area (Å²) in [5.41, 5.74) is 8.86. The van der Waals surface area contributed by atoms with Gasteiger partial charge in [0.15, 0.2) is 0 Å². The summed E-state index contributed by atoms with van der Waals surface area (Å²) < 4.78 is 10.2. The van der Waals surface area contributed by atoms with Gasteiger partial charge in [-0.2, -0.15) is 0 Å². The zero-order valence-corrected chi connectivity index (χ0v) is 10.8. The molecule has 0 aliphatic rings. The molecule has 2 aromatic heterocycles. The molecule has 0 radical (unpaired) electrons. The highest BCUT2D eigenvalue weighted by Crippen LogP contribution is 2.36. The van der Waals surface area contributed by atoms with Gasteiger partial charge in [-0.3, -0.25) is 0 Å². The highest BCUT2D eigenvalue weighted by molar-refractivity contribution is 5.86. The summed E-state index contributed by atoms with van der Waals surface area (Å²) in [6, 6.07) is 7.50. The first-order valence-corrected chi connectivity index (χ1v) is 5.94. The molecule has 0 amide bonds. The fourth-order valence-corrected chi connectivity index (χ4v) is 1.96. The second-order valence-electron chi connectivity index (χ2n) is 4.13. The Morgan fingerprint density at radius 3 is 2.40 bits per heavy atom. The maximum absolute atomic E-state index is 5.88. The van der Waals surface area contributed by atoms with Crippen LogP contribution in [0.1, 0.15) is 0 Å². The molecular weight excluding hydrogens is 256 g/mol. The van der Waals surface area contributed by atoms with Crippen LogP contribution in [0.25, 0.3) is 22.4 Å². The van der Waals surface area contributed by atoms with Crippen LogP contribution in [0.5, 0.6) is 5.75 Å². The average Bonchev–Trinajstić information content (AvgIpc) is 2.90. The van der Waals surface area contributed by atoms with Crippen molar-refractivity contribution in [2.24, 2.45) is 0 Å². The Balaban J connectivity index is 2.11. The third kappa shape index (κ3) is 2.07. The number of ether oxygens (including phenoxy) is 1. The van der Waals surface area contributed by atoms with E-state index in [2.05, 4.69) is 15.1 Å². The molecular formula is C14H12N4O2. The van der Waals surface area contributed by atoms with Gasteiger partial charge in [-0.1, -0.05) is 17.3 Å². The number of methoxy groups -OCH3 is 1. The van der Waals surface area contributed by atoms with Crippen LogP contribution in [0.2, 0.25) is 0 Å². The average molecular weight is 268 g/mol. The number of aromatic nitrogens is 3. The van der Waals surface area contributed by atoms with Crippen LogP contribution in [-0.4, -0.2) is 22.2 Å². The minimum atomic E-state index is 0.258. The first-order valence-electron chi connectivity index (χ1n) is 5.94. The SMILES string of the molecule is COc1ccc(-c2c(-c3cncnc3)noc2N)cc1. The van der Waals surface area contributed by atoms with Crippen molar-refractivity contribution >= 4 is 5.88 Å². The van der Waals surface area contributed by atoms with Gasteiger partial charge in [-0.05, 0) is 17.7 Å². The summed E-state index contributed by atoms with van der Waals surface area (Å²) in [5, 5.41) is 3.99. The summed E-state index contributed by atoms with van der Waals surface area (Å²) >= 11 is 0. The topological polar surface area (TPSA) is 87.1 Å². The van der Waals surface area contributed by atoms with Crippen LogP contribution in [0.4, 0.5) is 5.88 Å². The van der Waals surface area contributed by atoms with E-state index >= 15 is 0 Å². The quantitative estimate of drug-likeness (QED) is 0.784. The van der Waals surface area contributed by atoms with Crippen LogP contribution < -0.4 is 10.5 Å². The van der Waals surface area contributed by atoms with E-state index in [0.717, 1.165) is 22.4 Å². The number of nitrogens with zero attached hydrogens (tertiary/aromatic N) is 3. The summed E-state index contributed by atoms with van der Waals surface area (Å²) in [7, 11) is 1.62. The third-order valence-electron chi connectivity index (χ3n) is 2.93. The molecule has 20 heavy (non-hydrogen) atoms. The van der Waals surface area contributed by atoms with Crippen molar-refractivity contribution in [1.82, 2.24) is 15.1 Å². The summed E-state index contributed by atoms with van der Waals surface area (Å²) in [4.78, 5) is 7.96. The lowest BCUT2D eigenvalue weighted by Crippen LogP contribution is -1.89. The summed E-state index contributed by atoms with van der Waals surface area (Å²) in [5.74, 6) is 1.03. The number of anilines is 1. The molecule has 6 nitrogen and oxygen atoms in total. The van der Waals surface area contributed by atoms with Gasteiger partial charge < -0.3 is 15.0 Å². The maximum Gasteiger partial charge on any atom is 0.230 e. The molecule has 0 atom stereocenters. The molecule has 1 aromatic carbocycles. The molecule has 2 N–H and O–H groups in total. The van der Waals surface area contributed by atoms with Crippen molar-refractivity contribution in [1.29, 1.82) is 0 Å². The zero-order valence-electron chi connectivity index (χ0n) is 10.8. The van der Waals surface area contributed by atoms with Gasteiger partial charge in [-0.15, -0.1) is 0 Å². The second kappa shape index (κ2) is 5.00. The molecule has 0 spiro atoms. The molecule has 0 bridgehead atoms. The van der Waals surface area contributed by atoms with Crippen LogP contribution in [-0.2, 0) is 0 Å². The Bertz CT molecular complexity index is 708. The number of hydrogen-bond donors (Lipinski definition) is 1. The first kappa shape index (κ1) is 12.2. The van der Waals surface area contributed by atoms with Gasteiger partial charge in [0, 0.05) is 18.0 Å². The van der Waals surface area contributed by atoms with E-state index < -0.39 is 0 Å². The number of rotatable bonds is 3. The molecule has 3 rings (SSSR count). The highest BCUT2D eigenvalue weighted by Gasteiger charge is 2.17. The van der Waals surface area contributed by atoms with Crippen LogP contribution >= 0.6 is 0 Å². The largest absolute Gasteiger partial charge is 0.497 e. The fraction of sp³-hybridized carbons (Fsp3) is 0.0714. The summed E-state index contributed by atoms with van der Waals surface area (Å²) in [6.45, 7) is 0. The highest BCUT2D eigenvalue weighted by atomic mass is 16.5. The van der Waals surface area contributed by atoms with Gasteiger partial charge in [0.05, 0.1) is 12.7 Å². The first-order chi connectivity index (χ1) is 9.79. The molecule has 100 valence electrons. The maximum atomic E-state index is 5.88. The van der Waals surface area contributed by atoms with Crippen molar-refractivity contribution in [3.63, 3.8) is 0 Å². The van der Waals surface area contributed by atoms with Gasteiger partial charge in [-0.25, -0.2) is 9.97 Å². The molecule has 6 heteroatoms. The van der Waals surface area contributed by atoms with Crippen LogP contribution in [0.15, 0.2) is 47.5 Å². The van der Waals surface area contributed by atoms with Crippen molar-refractivity contribution in [3.8, 4) is 28.1 Å². The molecule has 0 aliphatic carbocycles. The van der Waals surface area contributed by atoms with Crippen molar-refractivity contribution in [2.45, 2.75) is 0 Å². The fourth-order valence-electron chi connectivity index (χ4n) is 1.96. The molecule has 0 aliphatic heterocycles. The Morgan fingerprint density at radius 2 is 1.75 bits per heavy atom.